The molecule has 1 aromatic carbocycles. The van der Waals surface area contributed by atoms with Gasteiger partial charge in [-0.15, -0.1) is 0 Å². The Balaban J connectivity index is 2.33. The molecule has 0 saturated carbocycles. The van der Waals surface area contributed by atoms with Crippen molar-refractivity contribution >= 4 is 12.0 Å². The maximum atomic E-state index is 13.7. The van der Waals surface area contributed by atoms with Gasteiger partial charge in [0.2, 0.25) is 0 Å². The standard InChI is InChI=1S/C12H13F2NO2/c13-10-6-9(8-16)7-11(14)12(10)15-2-1-4-17-5-3-15/h6-8H,1-5H2. The summed E-state index contributed by atoms with van der Waals surface area (Å²) in [4.78, 5) is 12.1. The summed E-state index contributed by atoms with van der Waals surface area (Å²) in [7, 11) is 0. The summed E-state index contributed by atoms with van der Waals surface area (Å²) in [6.07, 6.45) is 1.16. The number of hydrogen-bond acceptors (Lipinski definition) is 3. The third kappa shape index (κ3) is 2.61. The molecule has 0 atom stereocenters. The lowest BCUT2D eigenvalue weighted by atomic mass is 10.2. The van der Waals surface area contributed by atoms with Crippen molar-refractivity contribution in [3.8, 4) is 0 Å². The summed E-state index contributed by atoms with van der Waals surface area (Å²) < 4.78 is 32.7. The summed E-state index contributed by atoms with van der Waals surface area (Å²) in [6.45, 7) is 2.06. The Morgan fingerprint density at radius 1 is 1.18 bits per heavy atom. The zero-order valence-electron chi connectivity index (χ0n) is 9.29. The van der Waals surface area contributed by atoms with E-state index in [0.29, 0.717) is 32.6 Å². The normalized spacial score (nSPS) is 16.7. The fraction of sp³-hybridized carbons (Fsp3) is 0.417. The van der Waals surface area contributed by atoms with E-state index in [1.54, 1.807) is 4.90 Å². The van der Waals surface area contributed by atoms with Crippen molar-refractivity contribution in [1.82, 2.24) is 0 Å². The molecule has 17 heavy (non-hydrogen) atoms. The lowest BCUT2D eigenvalue weighted by Crippen LogP contribution is -2.28. The molecular formula is C12H13F2NO2. The molecule has 1 heterocycles. The van der Waals surface area contributed by atoms with Crippen molar-refractivity contribution in [3.63, 3.8) is 0 Å². The van der Waals surface area contributed by atoms with Crippen molar-refractivity contribution in [3.05, 3.63) is 29.3 Å². The van der Waals surface area contributed by atoms with Crippen molar-refractivity contribution in [1.29, 1.82) is 0 Å². The van der Waals surface area contributed by atoms with E-state index in [-0.39, 0.29) is 11.3 Å². The Kier molecular flexibility index (Phi) is 3.68. The minimum Gasteiger partial charge on any atom is -0.380 e. The third-order valence-corrected chi connectivity index (χ3v) is 2.71. The number of ether oxygens (including phenoxy) is 1. The largest absolute Gasteiger partial charge is 0.380 e. The Morgan fingerprint density at radius 2 is 1.88 bits per heavy atom. The average Bonchev–Trinajstić information content (AvgIpc) is 2.57. The van der Waals surface area contributed by atoms with Crippen molar-refractivity contribution < 1.29 is 18.3 Å². The minimum absolute atomic E-state index is 0.00909. The van der Waals surface area contributed by atoms with Crippen molar-refractivity contribution in [2.24, 2.45) is 0 Å². The van der Waals surface area contributed by atoms with Crippen molar-refractivity contribution in [2.75, 3.05) is 31.2 Å². The number of halogens is 2. The van der Waals surface area contributed by atoms with Gasteiger partial charge in [-0.3, -0.25) is 4.79 Å². The molecule has 5 heteroatoms. The van der Waals surface area contributed by atoms with Crippen LogP contribution in [0.2, 0.25) is 0 Å². The predicted molar refractivity (Wildman–Crippen MR) is 59.4 cm³/mol. The topological polar surface area (TPSA) is 29.5 Å². The Labute approximate surface area is 98.0 Å². The van der Waals surface area contributed by atoms with Crippen LogP contribution in [0.1, 0.15) is 16.8 Å². The molecule has 0 unspecified atom stereocenters. The first-order valence-electron chi connectivity index (χ1n) is 5.49. The van der Waals surface area contributed by atoms with E-state index >= 15 is 0 Å². The first kappa shape index (κ1) is 12.0. The molecule has 0 radical (unpaired) electrons. The van der Waals surface area contributed by atoms with Gasteiger partial charge in [-0.25, -0.2) is 8.78 Å². The smallest absolute Gasteiger partial charge is 0.150 e. The molecule has 0 amide bonds. The quantitative estimate of drug-likeness (QED) is 0.742. The van der Waals surface area contributed by atoms with Crippen LogP contribution in [0.4, 0.5) is 14.5 Å². The van der Waals surface area contributed by atoms with Gasteiger partial charge in [0.25, 0.3) is 0 Å². The lowest BCUT2D eigenvalue weighted by Gasteiger charge is -2.23. The Bertz CT molecular complexity index is 392. The molecule has 0 spiro atoms. The van der Waals surface area contributed by atoms with Gasteiger partial charge in [-0.05, 0) is 18.6 Å². The van der Waals surface area contributed by atoms with E-state index in [1.165, 1.54) is 0 Å². The molecular weight excluding hydrogens is 228 g/mol. The number of rotatable bonds is 2. The van der Waals surface area contributed by atoms with Crippen LogP contribution in [0.15, 0.2) is 12.1 Å². The van der Waals surface area contributed by atoms with Crippen LogP contribution in [-0.2, 0) is 4.74 Å². The van der Waals surface area contributed by atoms with Crippen LogP contribution in [0.3, 0.4) is 0 Å². The van der Waals surface area contributed by atoms with Crippen molar-refractivity contribution in [2.45, 2.75) is 6.42 Å². The maximum absolute atomic E-state index is 13.7. The molecule has 0 bridgehead atoms. The highest BCUT2D eigenvalue weighted by molar-refractivity contribution is 5.76. The van der Waals surface area contributed by atoms with Crippen LogP contribution < -0.4 is 4.90 Å². The van der Waals surface area contributed by atoms with Gasteiger partial charge in [-0.1, -0.05) is 0 Å². The van der Waals surface area contributed by atoms with E-state index in [4.69, 9.17) is 4.74 Å². The van der Waals surface area contributed by atoms with E-state index in [2.05, 4.69) is 0 Å². The summed E-state index contributed by atoms with van der Waals surface area (Å²) >= 11 is 0. The zero-order chi connectivity index (χ0) is 12.3. The summed E-state index contributed by atoms with van der Waals surface area (Å²) in [5, 5.41) is 0. The summed E-state index contributed by atoms with van der Waals surface area (Å²) in [5.41, 5.74) is -0.0593. The maximum Gasteiger partial charge on any atom is 0.150 e. The molecule has 2 rings (SSSR count). The molecule has 0 N–H and O–H groups in total. The number of anilines is 1. The number of carbonyl (C=O) groups is 1. The number of hydrogen-bond donors (Lipinski definition) is 0. The zero-order valence-corrected chi connectivity index (χ0v) is 9.29. The minimum atomic E-state index is -0.700. The average molecular weight is 241 g/mol. The number of benzene rings is 1. The molecule has 0 aromatic heterocycles. The fourth-order valence-electron chi connectivity index (χ4n) is 1.92. The molecule has 1 fully saturated rings. The molecule has 1 aliphatic rings. The van der Waals surface area contributed by atoms with Gasteiger partial charge in [-0.2, -0.15) is 0 Å². The second-order valence-corrected chi connectivity index (χ2v) is 3.90. The van der Waals surface area contributed by atoms with Gasteiger partial charge in [0.05, 0.1) is 6.61 Å². The monoisotopic (exact) mass is 241 g/mol. The molecule has 1 aromatic rings. The predicted octanol–water partition coefficient (Wildman–Crippen LogP) is 2.00. The van der Waals surface area contributed by atoms with E-state index < -0.39 is 11.6 Å². The summed E-state index contributed by atoms with van der Waals surface area (Å²) in [6, 6.07) is 2.11. The molecule has 0 aliphatic carbocycles. The van der Waals surface area contributed by atoms with Crippen LogP contribution in [0.5, 0.6) is 0 Å². The Morgan fingerprint density at radius 3 is 2.53 bits per heavy atom. The van der Waals surface area contributed by atoms with Crippen LogP contribution >= 0.6 is 0 Å². The van der Waals surface area contributed by atoms with Gasteiger partial charge in [0, 0.05) is 25.3 Å². The lowest BCUT2D eigenvalue weighted by molar-refractivity contribution is 0.112. The van der Waals surface area contributed by atoms with Gasteiger partial charge >= 0.3 is 0 Å². The number of nitrogens with zero attached hydrogens (tertiary/aromatic N) is 1. The van der Waals surface area contributed by atoms with Crippen LogP contribution in [-0.4, -0.2) is 32.6 Å². The fourth-order valence-corrected chi connectivity index (χ4v) is 1.92. The van der Waals surface area contributed by atoms with E-state index in [9.17, 15) is 13.6 Å². The molecule has 92 valence electrons. The number of aldehydes is 1. The summed E-state index contributed by atoms with van der Waals surface area (Å²) in [5.74, 6) is -1.40. The van der Waals surface area contributed by atoms with E-state index in [1.807, 2.05) is 0 Å². The molecule has 3 nitrogen and oxygen atoms in total. The van der Waals surface area contributed by atoms with Gasteiger partial charge < -0.3 is 9.64 Å². The van der Waals surface area contributed by atoms with Gasteiger partial charge in [0.15, 0.2) is 0 Å². The van der Waals surface area contributed by atoms with Crippen LogP contribution in [0.25, 0.3) is 0 Å². The first-order chi connectivity index (χ1) is 8.22. The molecule has 1 saturated heterocycles. The second-order valence-electron chi connectivity index (χ2n) is 3.90. The highest BCUT2D eigenvalue weighted by atomic mass is 19.1. The van der Waals surface area contributed by atoms with E-state index in [0.717, 1.165) is 18.6 Å². The second kappa shape index (κ2) is 5.23. The molecule has 1 aliphatic heterocycles. The van der Waals surface area contributed by atoms with Gasteiger partial charge in [0.1, 0.15) is 23.6 Å². The number of carbonyl (C=O) groups excluding carboxylic acids is 1. The highest BCUT2D eigenvalue weighted by Crippen LogP contribution is 2.25. The highest BCUT2D eigenvalue weighted by Gasteiger charge is 2.19. The third-order valence-electron chi connectivity index (χ3n) is 2.71. The Hall–Kier alpha value is -1.49. The van der Waals surface area contributed by atoms with Crippen LogP contribution in [0, 0.1) is 11.6 Å². The first-order valence-corrected chi connectivity index (χ1v) is 5.49. The SMILES string of the molecule is O=Cc1cc(F)c(N2CCCOCC2)c(F)c1.